The molecule has 0 bridgehead atoms. The van der Waals surface area contributed by atoms with Gasteiger partial charge in [0.1, 0.15) is 5.75 Å². The first-order valence-electron chi connectivity index (χ1n) is 4.19. The van der Waals surface area contributed by atoms with Crippen LogP contribution in [0.3, 0.4) is 0 Å². The van der Waals surface area contributed by atoms with Gasteiger partial charge in [0.15, 0.2) is 0 Å². The summed E-state index contributed by atoms with van der Waals surface area (Å²) in [6, 6.07) is 4.10. The van der Waals surface area contributed by atoms with E-state index in [9.17, 15) is 0 Å². The van der Waals surface area contributed by atoms with Crippen LogP contribution < -0.4 is 4.74 Å². The zero-order chi connectivity index (χ0) is 8.55. The number of fused-ring (bicyclic) bond motifs is 1. The molecule has 0 spiro atoms. The van der Waals surface area contributed by atoms with Crippen molar-refractivity contribution in [1.82, 2.24) is 0 Å². The normalized spacial score (nSPS) is 15.2. The third-order valence-electron chi connectivity index (χ3n) is 2.10. The molecule has 12 heavy (non-hydrogen) atoms. The highest BCUT2D eigenvalue weighted by Crippen LogP contribution is 2.33. The molecule has 1 nitrogen and oxygen atoms in total. The van der Waals surface area contributed by atoms with Crippen molar-refractivity contribution >= 4 is 11.6 Å². The third kappa shape index (κ3) is 1.29. The zero-order valence-corrected chi connectivity index (χ0v) is 7.82. The second-order valence-electron chi connectivity index (χ2n) is 3.19. The van der Waals surface area contributed by atoms with Crippen LogP contribution in [0.2, 0.25) is 5.02 Å². The summed E-state index contributed by atoms with van der Waals surface area (Å²) >= 11 is 6.02. The second kappa shape index (κ2) is 2.98. The molecule has 0 aliphatic carbocycles. The SMILES string of the molecule is Cc1cc(Cl)c2c(c1)CCCO2. The van der Waals surface area contributed by atoms with Crippen molar-refractivity contribution in [2.75, 3.05) is 6.61 Å². The van der Waals surface area contributed by atoms with Crippen LogP contribution in [0, 0.1) is 6.92 Å². The standard InChI is InChI=1S/C10H11ClO/c1-7-5-8-3-2-4-12-10(8)9(11)6-7/h5-6H,2-4H2,1H3. The van der Waals surface area contributed by atoms with Gasteiger partial charge in [0.2, 0.25) is 0 Å². The molecule has 1 aliphatic rings. The monoisotopic (exact) mass is 182 g/mol. The number of hydrogen-bond acceptors (Lipinski definition) is 1. The minimum Gasteiger partial charge on any atom is -0.492 e. The van der Waals surface area contributed by atoms with Crippen LogP contribution >= 0.6 is 11.6 Å². The van der Waals surface area contributed by atoms with Gasteiger partial charge in [0.25, 0.3) is 0 Å². The highest BCUT2D eigenvalue weighted by atomic mass is 35.5. The lowest BCUT2D eigenvalue weighted by atomic mass is 10.0. The van der Waals surface area contributed by atoms with E-state index in [0.717, 1.165) is 30.2 Å². The third-order valence-corrected chi connectivity index (χ3v) is 2.38. The molecule has 0 atom stereocenters. The molecule has 1 heterocycles. The summed E-state index contributed by atoms with van der Waals surface area (Å²) in [4.78, 5) is 0. The number of ether oxygens (including phenoxy) is 1. The molecule has 0 saturated heterocycles. The van der Waals surface area contributed by atoms with Crippen molar-refractivity contribution in [1.29, 1.82) is 0 Å². The molecule has 0 aromatic heterocycles. The topological polar surface area (TPSA) is 9.23 Å². The Kier molecular flexibility index (Phi) is 1.97. The largest absolute Gasteiger partial charge is 0.492 e. The van der Waals surface area contributed by atoms with Crippen molar-refractivity contribution in [3.63, 3.8) is 0 Å². The number of aryl methyl sites for hydroxylation is 2. The van der Waals surface area contributed by atoms with Crippen molar-refractivity contribution in [3.05, 3.63) is 28.3 Å². The highest BCUT2D eigenvalue weighted by molar-refractivity contribution is 6.32. The van der Waals surface area contributed by atoms with E-state index in [1.807, 2.05) is 6.07 Å². The van der Waals surface area contributed by atoms with Crippen LogP contribution in [0.15, 0.2) is 12.1 Å². The molecule has 64 valence electrons. The van der Waals surface area contributed by atoms with E-state index in [0.29, 0.717) is 0 Å². The van der Waals surface area contributed by atoms with E-state index < -0.39 is 0 Å². The molecule has 1 aromatic carbocycles. The second-order valence-corrected chi connectivity index (χ2v) is 3.59. The molecule has 0 saturated carbocycles. The maximum absolute atomic E-state index is 6.02. The van der Waals surface area contributed by atoms with Gasteiger partial charge in [-0.05, 0) is 37.0 Å². The van der Waals surface area contributed by atoms with Crippen LogP contribution in [-0.2, 0) is 6.42 Å². The maximum Gasteiger partial charge on any atom is 0.141 e. The zero-order valence-electron chi connectivity index (χ0n) is 7.06. The Balaban J connectivity index is 2.53. The lowest BCUT2D eigenvalue weighted by Gasteiger charge is -2.18. The van der Waals surface area contributed by atoms with E-state index in [2.05, 4.69) is 13.0 Å². The Morgan fingerprint density at radius 1 is 1.42 bits per heavy atom. The molecular weight excluding hydrogens is 172 g/mol. The summed E-state index contributed by atoms with van der Waals surface area (Å²) in [6.45, 7) is 2.86. The van der Waals surface area contributed by atoms with Gasteiger partial charge in [-0.25, -0.2) is 0 Å². The van der Waals surface area contributed by atoms with E-state index >= 15 is 0 Å². The highest BCUT2D eigenvalue weighted by Gasteiger charge is 2.13. The van der Waals surface area contributed by atoms with Crippen LogP contribution in [0.25, 0.3) is 0 Å². The van der Waals surface area contributed by atoms with E-state index in [-0.39, 0.29) is 0 Å². The van der Waals surface area contributed by atoms with Crippen LogP contribution in [0.4, 0.5) is 0 Å². The van der Waals surface area contributed by atoms with E-state index in [4.69, 9.17) is 16.3 Å². The van der Waals surface area contributed by atoms with E-state index in [1.165, 1.54) is 11.1 Å². The van der Waals surface area contributed by atoms with Gasteiger partial charge >= 0.3 is 0 Å². The minimum atomic E-state index is 0.754. The van der Waals surface area contributed by atoms with Crippen molar-refractivity contribution in [2.24, 2.45) is 0 Å². The summed E-state index contributed by atoms with van der Waals surface area (Å²) in [5, 5.41) is 0.754. The fourth-order valence-electron chi connectivity index (χ4n) is 1.59. The fourth-order valence-corrected chi connectivity index (χ4v) is 1.93. The van der Waals surface area contributed by atoms with Gasteiger partial charge in [-0.2, -0.15) is 0 Å². The fraction of sp³-hybridized carbons (Fsp3) is 0.400. The van der Waals surface area contributed by atoms with Gasteiger partial charge in [-0.1, -0.05) is 17.7 Å². The maximum atomic E-state index is 6.02. The van der Waals surface area contributed by atoms with E-state index in [1.54, 1.807) is 0 Å². The van der Waals surface area contributed by atoms with Crippen LogP contribution in [0.5, 0.6) is 5.75 Å². The average molecular weight is 183 g/mol. The van der Waals surface area contributed by atoms with Gasteiger partial charge in [0.05, 0.1) is 11.6 Å². The Morgan fingerprint density at radius 2 is 2.25 bits per heavy atom. The lowest BCUT2D eigenvalue weighted by molar-refractivity contribution is 0.288. The predicted octanol–water partition coefficient (Wildman–Crippen LogP) is 2.97. The first kappa shape index (κ1) is 7.93. The molecule has 2 heteroatoms. The van der Waals surface area contributed by atoms with Crippen molar-refractivity contribution in [3.8, 4) is 5.75 Å². The van der Waals surface area contributed by atoms with Gasteiger partial charge < -0.3 is 4.74 Å². The quantitative estimate of drug-likeness (QED) is 0.600. The first-order chi connectivity index (χ1) is 5.77. The van der Waals surface area contributed by atoms with Crippen LogP contribution in [0.1, 0.15) is 17.5 Å². The molecule has 0 amide bonds. The summed E-state index contributed by atoms with van der Waals surface area (Å²) in [5.41, 5.74) is 2.47. The molecule has 1 aliphatic heterocycles. The number of halogens is 1. The van der Waals surface area contributed by atoms with Gasteiger partial charge in [0, 0.05) is 0 Å². The number of benzene rings is 1. The first-order valence-corrected chi connectivity index (χ1v) is 4.57. The molecule has 2 rings (SSSR count). The minimum absolute atomic E-state index is 0.754. The molecular formula is C10H11ClO. The van der Waals surface area contributed by atoms with Gasteiger partial charge in [-0.15, -0.1) is 0 Å². The predicted molar refractivity (Wildman–Crippen MR) is 50.0 cm³/mol. The van der Waals surface area contributed by atoms with Gasteiger partial charge in [-0.3, -0.25) is 0 Å². The Labute approximate surface area is 77.3 Å². The summed E-state index contributed by atoms with van der Waals surface area (Å²) < 4.78 is 5.48. The average Bonchev–Trinajstić information content (AvgIpc) is 2.04. The molecule has 1 aromatic rings. The smallest absolute Gasteiger partial charge is 0.141 e. The van der Waals surface area contributed by atoms with Crippen molar-refractivity contribution in [2.45, 2.75) is 19.8 Å². The number of hydrogen-bond donors (Lipinski definition) is 0. The number of rotatable bonds is 0. The van der Waals surface area contributed by atoms with Crippen molar-refractivity contribution < 1.29 is 4.74 Å². The Hall–Kier alpha value is -0.690. The van der Waals surface area contributed by atoms with Crippen LogP contribution in [-0.4, -0.2) is 6.61 Å². The molecule has 0 fully saturated rings. The lowest BCUT2D eigenvalue weighted by Crippen LogP contribution is -2.08. The molecule has 0 radical (unpaired) electrons. The summed E-state index contributed by atoms with van der Waals surface area (Å²) in [5.74, 6) is 0.897. The summed E-state index contributed by atoms with van der Waals surface area (Å²) in [6.07, 6.45) is 2.20. The molecule has 0 unspecified atom stereocenters. The Morgan fingerprint density at radius 3 is 3.08 bits per heavy atom. The summed E-state index contributed by atoms with van der Waals surface area (Å²) in [7, 11) is 0. The molecule has 0 N–H and O–H groups in total. The Bertz CT molecular complexity index is 307.